The van der Waals surface area contributed by atoms with Gasteiger partial charge in [0.1, 0.15) is 11.9 Å². The van der Waals surface area contributed by atoms with Crippen LogP contribution in [0.4, 0.5) is 11.5 Å². The lowest BCUT2D eigenvalue weighted by atomic mass is 10.3. The van der Waals surface area contributed by atoms with E-state index in [-0.39, 0.29) is 0 Å². The zero-order valence-electron chi connectivity index (χ0n) is 7.32. The highest BCUT2D eigenvalue weighted by Gasteiger charge is 2.09. The van der Waals surface area contributed by atoms with E-state index in [0.717, 1.165) is 0 Å². The van der Waals surface area contributed by atoms with Crippen molar-refractivity contribution >= 4 is 17.4 Å². The van der Waals surface area contributed by atoms with Gasteiger partial charge in [0.15, 0.2) is 0 Å². The van der Waals surface area contributed by atoms with Crippen LogP contribution in [0.25, 0.3) is 0 Å². The Hall–Kier alpha value is -1.78. The van der Waals surface area contributed by atoms with Crippen LogP contribution in [0.5, 0.6) is 0 Å². The largest absolute Gasteiger partial charge is 0.396 e. The van der Waals surface area contributed by atoms with Crippen molar-refractivity contribution in [3.8, 4) is 0 Å². The molecule has 5 N–H and O–H groups in total. The van der Waals surface area contributed by atoms with Crippen molar-refractivity contribution in [2.45, 2.75) is 13.0 Å². The highest BCUT2D eigenvalue weighted by molar-refractivity contribution is 5.83. The van der Waals surface area contributed by atoms with E-state index in [4.69, 9.17) is 11.5 Å². The van der Waals surface area contributed by atoms with Gasteiger partial charge in [-0.3, -0.25) is 4.79 Å². The van der Waals surface area contributed by atoms with E-state index < -0.39 is 11.9 Å². The fourth-order valence-electron chi connectivity index (χ4n) is 0.815. The minimum Gasteiger partial charge on any atom is -0.396 e. The summed E-state index contributed by atoms with van der Waals surface area (Å²) in [6.45, 7) is 1.65. The number of amides is 1. The number of hydrogen-bond acceptors (Lipinski definition) is 4. The zero-order chi connectivity index (χ0) is 9.84. The van der Waals surface area contributed by atoms with Gasteiger partial charge in [-0.2, -0.15) is 0 Å². The summed E-state index contributed by atoms with van der Waals surface area (Å²) in [4.78, 5) is 14.7. The molecule has 1 rings (SSSR count). The monoisotopic (exact) mass is 180 g/mol. The van der Waals surface area contributed by atoms with E-state index in [1.165, 1.54) is 0 Å². The fourth-order valence-corrected chi connectivity index (χ4v) is 0.815. The molecular formula is C8H12N4O. The van der Waals surface area contributed by atoms with E-state index >= 15 is 0 Å². The van der Waals surface area contributed by atoms with Crippen molar-refractivity contribution in [3.05, 3.63) is 18.3 Å². The highest BCUT2D eigenvalue weighted by Crippen LogP contribution is 2.13. The summed E-state index contributed by atoms with van der Waals surface area (Å²) in [5.41, 5.74) is 11.2. The second-order valence-electron chi connectivity index (χ2n) is 2.71. The number of nitrogens with two attached hydrogens (primary N) is 2. The van der Waals surface area contributed by atoms with Gasteiger partial charge in [-0.15, -0.1) is 0 Å². The number of pyridine rings is 1. The topological polar surface area (TPSA) is 94.0 Å². The number of rotatable bonds is 3. The molecule has 1 aromatic rings. The maximum absolute atomic E-state index is 10.7. The standard InChI is InChI=1S/C8H12N4O/c1-5(7(10)13)12-8-6(9)3-2-4-11-8/h2-5H,9H2,1H3,(H2,10,13)(H,11,12). The third-order valence-corrected chi connectivity index (χ3v) is 1.62. The third kappa shape index (κ3) is 2.33. The van der Waals surface area contributed by atoms with Crippen LogP contribution >= 0.6 is 0 Å². The Morgan fingerprint density at radius 3 is 2.92 bits per heavy atom. The number of aromatic nitrogens is 1. The predicted octanol–water partition coefficient (Wildman–Crippen LogP) is -0.0505. The summed E-state index contributed by atoms with van der Waals surface area (Å²) in [6.07, 6.45) is 1.59. The lowest BCUT2D eigenvalue weighted by Crippen LogP contribution is -2.33. The predicted molar refractivity (Wildman–Crippen MR) is 50.9 cm³/mol. The Kier molecular flexibility index (Phi) is 2.69. The van der Waals surface area contributed by atoms with Crippen LogP contribution in [0, 0.1) is 0 Å². The molecule has 0 aliphatic rings. The van der Waals surface area contributed by atoms with Crippen molar-refractivity contribution in [1.82, 2.24) is 4.98 Å². The van der Waals surface area contributed by atoms with Gasteiger partial charge >= 0.3 is 0 Å². The van der Waals surface area contributed by atoms with E-state index in [1.807, 2.05) is 0 Å². The third-order valence-electron chi connectivity index (χ3n) is 1.62. The Bertz CT molecular complexity index is 313. The van der Waals surface area contributed by atoms with Gasteiger partial charge in [-0.05, 0) is 19.1 Å². The summed E-state index contributed by atoms with van der Waals surface area (Å²) in [6, 6.07) is 2.94. The van der Waals surface area contributed by atoms with Gasteiger partial charge in [0, 0.05) is 6.20 Å². The number of nitrogens with one attached hydrogen (secondary N) is 1. The molecule has 0 bridgehead atoms. The van der Waals surface area contributed by atoms with Crippen molar-refractivity contribution in [1.29, 1.82) is 0 Å². The fraction of sp³-hybridized carbons (Fsp3) is 0.250. The number of nitrogen functional groups attached to an aromatic ring is 1. The molecule has 70 valence electrons. The maximum atomic E-state index is 10.7. The first-order valence-electron chi connectivity index (χ1n) is 3.87. The van der Waals surface area contributed by atoms with Gasteiger partial charge in [0.05, 0.1) is 5.69 Å². The average Bonchev–Trinajstić information content (AvgIpc) is 2.08. The summed E-state index contributed by atoms with van der Waals surface area (Å²) in [7, 11) is 0. The zero-order valence-corrected chi connectivity index (χ0v) is 7.32. The molecule has 0 aromatic carbocycles. The van der Waals surface area contributed by atoms with Gasteiger partial charge in [0.25, 0.3) is 0 Å². The van der Waals surface area contributed by atoms with Crippen LogP contribution in [0.1, 0.15) is 6.92 Å². The van der Waals surface area contributed by atoms with E-state index in [9.17, 15) is 4.79 Å². The molecule has 0 aliphatic carbocycles. The van der Waals surface area contributed by atoms with Gasteiger partial charge in [-0.25, -0.2) is 4.98 Å². The molecule has 0 spiro atoms. The minimum atomic E-state index is -0.475. The molecular weight excluding hydrogens is 168 g/mol. The molecule has 1 amide bonds. The minimum absolute atomic E-state index is 0.440. The van der Waals surface area contributed by atoms with Crippen molar-refractivity contribution in [3.63, 3.8) is 0 Å². The number of hydrogen-bond donors (Lipinski definition) is 3. The first-order valence-corrected chi connectivity index (χ1v) is 3.87. The Balaban J connectivity index is 2.74. The maximum Gasteiger partial charge on any atom is 0.239 e. The van der Waals surface area contributed by atoms with Crippen molar-refractivity contribution in [2.24, 2.45) is 5.73 Å². The molecule has 1 aromatic heterocycles. The van der Waals surface area contributed by atoms with Gasteiger partial charge in [-0.1, -0.05) is 0 Å². The normalized spacial score (nSPS) is 12.1. The second kappa shape index (κ2) is 3.75. The molecule has 1 atom stereocenters. The van der Waals surface area contributed by atoms with Gasteiger partial charge in [0.2, 0.25) is 5.91 Å². The number of nitrogens with zero attached hydrogens (tertiary/aromatic N) is 1. The Morgan fingerprint density at radius 2 is 2.38 bits per heavy atom. The lowest BCUT2D eigenvalue weighted by Gasteiger charge is -2.11. The van der Waals surface area contributed by atoms with Gasteiger partial charge < -0.3 is 16.8 Å². The van der Waals surface area contributed by atoms with Crippen molar-refractivity contribution < 1.29 is 4.79 Å². The van der Waals surface area contributed by atoms with E-state index in [2.05, 4.69) is 10.3 Å². The smallest absolute Gasteiger partial charge is 0.239 e. The Morgan fingerprint density at radius 1 is 1.69 bits per heavy atom. The molecule has 0 aliphatic heterocycles. The molecule has 1 heterocycles. The summed E-state index contributed by atoms with van der Waals surface area (Å²) in [5.74, 6) is 0.0406. The molecule has 0 radical (unpaired) electrons. The first-order chi connectivity index (χ1) is 6.11. The highest BCUT2D eigenvalue weighted by atomic mass is 16.1. The van der Waals surface area contributed by atoms with Crippen LogP contribution in [-0.2, 0) is 4.79 Å². The molecule has 1 unspecified atom stereocenters. The molecule has 0 saturated heterocycles. The first kappa shape index (κ1) is 9.31. The quantitative estimate of drug-likeness (QED) is 0.607. The van der Waals surface area contributed by atoms with Crippen LogP contribution in [0.2, 0.25) is 0 Å². The van der Waals surface area contributed by atoms with Crippen LogP contribution < -0.4 is 16.8 Å². The molecule has 5 nitrogen and oxygen atoms in total. The van der Waals surface area contributed by atoms with E-state index in [1.54, 1.807) is 25.3 Å². The van der Waals surface area contributed by atoms with E-state index in [0.29, 0.717) is 11.5 Å². The second-order valence-corrected chi connectivity index (χ2v) is 2.71. The molecule has 0 fully saturated rings. The summed E-state index contributed by atoms with van der Waals surface area (Å²) >= 11 is 0. The van der Waals surface area contributed by atoms with Crippen LogP contribution in [0.3, 0.4) is 0 Å². The summed E-state index contributed by atoms with van der Waals surface area (Å²) in [5, 5.41) is 2.80. The number of anilines is 2. The average molecular weight is 180 g/mol. The molecule has 0 saturated carbocycles. The lowest BCUT2D eigenvalue weighted by molar-refractivity contribution is -0.118. The number of carbonyl (C=O) groups excluding carboxylic acids is 1. The summed E-state index contributed by atoms with van der Waals surface area (Å²) < 4.78 is 0. The van der Waals surface area contributed by atoms with Crippen LogP contribution in [-0.4, -0.2) is 16.9 Å². The van der Waals surface area contributed by atoms with Crippen LogP contribution in [0.15, 0.2) is 18.3 Å². The van der Waals surface area contributed by atoms with Crippen molar-refractivity contribution in [2.75, 3.05) is 11.1 Å². The molecule has 13 heavy (non-hydrogen) atoms. The molecule has 5 heteroatoms. The SMILES string of the molecule is CC(Nc1ncccc1N)C(N)=O. The number of carbonyl (C=O) groups is 1. The Labute approximate surface area is 76.1 Å². The number of primary amides is 1.